The molecule has 0 fully saturated rings. The first-order valence-corrected chi connectivity index (χ1v) is 8.96. The van der Waals surface area contributed by atoms with Crippen molar-refractivity contribution in [2.75, 3.05) is 19.9 Å². The first kappa shape index (κ1) is 14.7. The molecule has 0 saturated carbocycles. The number of hydrogen-bond acceptors (Lipinski definition) is 2. The Morgan fingerprint density at radius 1 is 1.29 bits per heavy atom. The summed E-state index contributed by atoms with van der Waals surface area (Å²) in [5.41, 5.74) is 0.384. The van der Waals surface area contributed by atoms with Gasteiger partial charge in [-0.3, -0.25) is 0 Å². The zero-order chi connectivity index (χ0) is 11.2. The van der Waals surface area contributed by atoms with Gasteiger partial charge in [-0.25, -0.2) is 4.52 Å². The molecule has 0 spiro atoms. The molecular formula is C11H26OPS+. The van der Waals surface area contributed by atoms with E-state index in [2.05, 4.69) is 39.7 Å². The average molecular weight is 237 g/mol. The number of unbranched alkanes of at least 4 members (excludes halogenated alkanes) is 2. The van der Waals surface area contributed by atoms with E-state index in [0.29, 0.717) is 5.41 Å². The van der Waals surface area contributed by atoms with Crippen LogP contribution in [0.25, 0.3) is 0 Å². The summed E-state index contributed by atoms with van der Waals surface area (Å²) in [4.78, 5) is 0. The fourth-order valence-electron chi connectivity index (χ4n) is 1.79. The molecule has 0 aliphatic carbocycles. The monoisotopic (exact) mass is 237 g/mol. The Morgan fingerprint density at radius 2 is 1.86 bits per heavy atom. The van der Waals surface area contributed by atoms with Gasteiger partial charge >= 0.3 is 0 Å². The van der Waals surface area contributed by atoms with Crippen molar-refractivity contribution in [2.45, 2.75) is 46.5 Å². The van der Waals surface area contributed by atoms with Gasteiger partial charge in [-0.2, -0.15) is 0 Å². The summed E-state index contributed by atoms with van der Waals surface area (Å²) < 4.78 is 5.46. The van der Waals surface area contributed by atoms with Crippen LogP contribution in [0.2, 0.25) is 0 Å². The minimum atomic E-state index is -1.40. The predicted octanol–water partition coefficient (Wildman–Crippen LogP) is 4.65. The van der Waals surface area contributed by atoms with Crippen molar-refractivity contribution < 1.29 is 4.52 Å². The maximum Gasteiger partial charge on any atom is 0.198 e. The van der Waals surface area contributed by atoms with E-state index >= 15 is 0 Å². The Hall–Kier alpha value is 0.740. The average Bonchev–Trinajstić information content (AvgIpc) is 2.03. The highest BCUT2D eigenvalue weighted by Gasteiger charge is 2.36. The first-order valence-electron chi connectivity index (χ1n) is 5.47. The third kappa shape index (κ3) is 7.09. The fraction of sp³-hybridized carbons (Fsp3) is 1.00. The largest absolute Gasteiger partial charge is 0.230 e. The molecule has 0 N–H and O–H groups in total. The van der Waals surface area contributed by atoms with Crippen LogP contribution in [0.15, 0.2) is 0 Å². The summed E-state index contributed by atoms with van der Waals surface area (Å²) in [6, 6.07) is 0. The van der Waals surface area contributed by atoms with Crippen LogP contribution in [0.1, 0.15) is 46.5 Å². The molecule has 0 aliphatic rings. The summed E-state index contributed by atoms with van der Waals surface area (Å²) in [6.45, 7) is 7.66. The molecule has 0 aromatic rings. The summed E-state index contributed by atoms with van der Waals surface area (Å²) in [7, 11) is 1.78. The maximum atomic E-state index is 5.46. The van der Waals surface area contributed by atoms with Gasteiger partial charge in [-0.15, -0.1) is 0 Å². The molecule has 0 bridgehead atoms. The van der Waals surface area contributed by atoms with Crippen LogP contribution < -0.4 is 0 Å². The fourth-order valence-corrected chi connectivity index (χ4v) is 4.82. The minimum absolute atomic E-state index is 0.384. The molecule has 0 heterocycles. The Bertz CT molecular complexity index is 157. The molecule has 0 rings (SSSR count). The van der Waals surface area contributed by atoms with Crippen molar-refractivity contribution >= 4 is 18.9 Å². The van der Waals surface area contributed by atoms with Gasteiger partial charge in [0.1, 0.15) is 6.16 Å². The Labute approximate surface area is 95.6 Å². The third-order valence-electron chi connectivity index (χ3n) is 2.57. The highest BCUT2D eigenvalue weighted by Crippen LogP contribution is 2.63. The van der Waals surface area contributed by atoms with Crippen molar-refractivity contribution in [1.29, 1.82) is 0 Å². The molecule has 1 unspecified atom stereocenters. The van der Waals surface area contributed by atoms with Crippen LogP contribution in [0, 0.1) is 5.41 Å². The molecule has 1 nitrogen and oxygen atoms in total. The summed E-state index contributed by atoms with van der Waals surface area (Å²) in [5, 5.41) is 0. The van der Waals surface area contributed by atoms with Gasteiger partial charge < -0.3 is 0 Å². The first-order chi connectivity index (χ1) is 6.33. The molecule has 0 saturated heterocycles. The lowest BCUT2D eigenvalue weighted by molar-refractivity contribution is 0.350. The maximum absolute atomic E-state index is 5.46. The lowest BCUT2D eigenvalue weighted by Gasteiger charge is -2.27. The zero-order valence-corrected chi connectivity index (χ0v) is 12.1. The Balaban J connectivity index is 3.93. The topological polar surface area (TPSA) is 9.23 Å². The van der Waals surface area contributed by atoms with E-state index in [1.807, 2.05) is 0 Å². The van der Waals surface area contributed by atoms with Crippen LogP contribution in [0.5, 0.6) is 0 Å². The van der Waals surface area contributed by atoms with E-state index in [9.17, 15) is 0 Å². The Morgan fingerprint density at radius 3 is 2.29 bits per heavy atom. The minimum Gasteiger partial charge on any atom is -0.230 e. The van der Waals surface area contributed by atoms with E-state index < -0.39 is 6.69 Å². The third-order valence-corrected chi connectivity index (χ3v) is 5.72. The molecular weight excluding hydrogens is 211 g/mol. The second-order valence-corrected chi connectivity index (χ2v) is 10.3. The smallest absolute Gasteiger partial charge is 0.198 e. The van der Waals surface area contributed by atoms with E-state index in [4.69, 9.17) is 4.52 Å². The second-order valence-electron chi connectivity index (χ2n) is 5.01. The summed E-state index contributed by atoms with van der Waals surface area (Å²) in [6.07, 6.45) is 6.39. The SMILES string of the molecule is CCCCCC(C)(C)C[P+](C)(S)OC. The molecule has 1 atom stereocenters. The normalized spacial score (nSPS) is 16.7. The van der Waals surface area contributed by atoms with Gasteiger partial charge in [-0.1, -0.05) is 40.0 Å². The quantitative estimate of drug-likeness (QED) is 0.385. The molecule has 0 aromatic carbocycles. The van der Waals surface area contributed by atoms with Gasteiger partial charge in [-0.05, 0) is 6.42 Å². The highest BCUT2D eigenvalue weighted by atomic mass is 32.7. The molecule has 0 aliphatic heterocycles. The van der Waals surface area contributed by atoms with Crippen LogP contribution in [0.3, 0.4) is 0 Å². The lowest BCUT2D eigenvalue weighted by atomic mass is 9.89. The van der Waals surface area contributed by atoms with E-state index in [1.54, 1.807) is 7.11 Å². The van der Waals surface area contributed by atoms with Crippen LogP contribution >= 0.6 is 18.9 Å². The van der Waals surface area contributed by atoms with Gasteiger partial charge in [0.15, 0.2) is 6.69 Å². The Kier molecular flexibility index (Phi) is 6.69. The zero-order valence-electron chi connectivity index (χ0n) is 10.3. The molecule has 86 valence electrons. The number of hydrogen-bond donors (Lipinski definition) is 1. The summed E-state index contributed by atoms with van der Waals surface area (Å²) >= 11 is 4.61. The van der Waals surface area contributed by atoms with Gasteiger partial charge in [0.2, 0.25) is 0 Å². The van der Waals surface area contributed by atoms with Gasteiger partial charge in [0, 0.05) is 17.7 Å². The van der Waals surface area contributed by atoms with Gasteiger partial charge in [0.05, 0.1) is 13.8 Å². The molecule has 3 heteroatoms. The van der Waals surface area contributed by atoms with E-state index in [0.717, 1.165) is 6.16 Å². The van der Waals surface area contributed by atoms with Crippen molar-refractivity contribution in [3.63, 3.8) is 0 Å². The van der Waals surface area contributed by atoms with Crippen molar-refractivity contribution in [2.24, 2.45) is 5.41 Å². The number of rotatable bonds is 7. The van der Waals surface area contributed by atoms with E-state index in [-0.39, 0.29) is 0 Å². The predicted molar refractivity (Wildman–Crippen MR) is 71.6 cm³/mol. The van der Waals surface area contributed by atoms with Gasteiger partial charge in [0.25, 0.3) is 0 Å². The molecule has 0 aromatic heterocycles. The molecule has 0 radical (unpaired) electrons. The van der Waals surface area contributed by atoms with Crippen molar-refractivity contribution in [3.8, 4) is 0 Å². The second kappa shape index (κ2) is 6.35. The van der Waals surface area contributed by atoms with E-state index in [1.165, 1.54) is 25.7 Å². The number of thiol groups is 1. The van der Waals surface area contributed by atoms with Crippen LogP contribution in [0.4, 0.5) is 0 Å². The van der Waals surface area contributed by atoms with Crippen molar-refractivity contribution in [1.82, 2.24) is 0 Å². The standard InChI is InChI=1S/C11H26OPS/c1-6-7-8-9-11(2,3)10-13(5,14)12-4/h14H,6-10H2,1-5H3/q+1. The van der Waals surface area contributed by atoms with Crippen LogP contribution in [-0.2, 0) is 4.52 Å². The van der Waals surface area contributed by atoms with Crippen molar-refractivity contribution in [3.05, 3.63) is 0 Å². The summed E-state index contributed by atoms with van der Waals surface area (Å²) in [5.74, 6) is 0. The lowest BCUT2D eigenvalue weighted by Crippen LogP contribution is -2.18. The molecule has 14 heavy (non-hydrogen) atoms. The molecule has 0 amide bonds. The van der Waals surface area contributed by atoms with Crippen LogP contribution in [-0.4, -0.2) is 19.9 Å². The highest BCUT2D eigenvalue weighted by molar-refractivity contribution is 8.51.